The fourth-order valence-corrected chi connectivity index (χ4v) is 3.14. The molecule has 0 saturated heterocycles. The van der Waals surface area contributed by atoms with E-state index < -0.39 is 0 Å². The number of methoxy groups -OCH3 is 1. The number of carbonyl (C=O) groups excluding carboxylic acids is 3. The largest absolute Gasteiger partial charge is 0.469 e. The van der Waals surface area contributed by atoms with Gasteiger partial charge in [0.1, 0.15) is 0 Å². The first-order valence-electron chi connectivity index (χ1n) is 9.17. The number of nitrogens with zero attached hydrogens (tertiary/aromatic N) is 1. The molecule has 0 aliphatic carbocycles. The molecule has 0 radical (unpaired) electrons. The Labute approximate surface area is 149 Å². The number of ether oxygens (including phenoxy) is 1. The standard InChI is InChI=1S/C20H27NO4/c1-25-18(22)14-8-6-4-2-3-5-7-11-15-21-19(23)16-12-9-10-13-17(16)20(21)24/h9-10,12-13H,2-8,11,14-15H2,1H3. The van der Waals surface area contributed by atoms with Crippen LogP contribution in [0.15, 0.2) is 24.3 Å². The van der Waals surface area contributed by atoms with Crippen molar-refractivity contribution in [2.45, 2.75) is 57.8 Å². The Kier molecular flexibility index (Phi) is 7.64. The minimum Gasteiger partial charge on any atom is -0.469 e. The third kappa shape index (κ3) is 5.41. The zero-order valence-electron chi connectivity index (χ0n) is 15.0. The molecule has 0 unspecified atom stereocenters. The van der Waals surface area contributed by atoms with E-state index in [1.807, 2.05) is 0 Å². The number of esters is 1. The van der Waals surface area contributed by atoms with E-state index in [-0.39, 0.29) is 17.8 Å². The van der Waals surface area contributed by atoms with Crippen LogP contribution in [0.2, 0.25) is 0 Å². The highest BCUT2D eigenvalue weighted by molar-refractivity contribution is 6.21. The molecule has 0 bridgehead atoms. The van der Waals surface area contributed by atoms with Crippen LogP contribution in [0.1, 0.15) is 78.5 Å². The topological polar surface area (TPSA) is 63.7 Å². The highest BCUT2D eigenvalue weighted by Crippen LogP contribution is 2.23. The number of imide groups is 1. The first-order chi connectivity index (χ1) is 12.1. The summed E-state index contributed by atoms with van der Waals surface area (Å²) in [7, 11) is 1.42. The van der Waals surface area contributed by atoms with E-state index in [1.54, 1.807) is 24.3 Å². The second kappa shape index (κ2) is 9.97. The average Bonchev–Trinajstić information content (AvgIpc) is 2.88. The van der Waals surface area contributed by atoms with Gasteiger partial charge in [-0.2, -0.15) is 0 Å². The van der Waals surface area contributed by atoms with E-state index in [0.717, 1.165) is 51.4 Å². The highest BCUT2D eigenvalue weighted by atomic mass is 16.5. The predicted octanol–water partition coefficient (Wildman–Crippen LogP) is 3.97. The molecule has 2 rings (SSSR count). The maximum absolute atomic E-state index is 12.2. The summed E-state index contributed by atoms with van der Waals surface area (Å²) in [5, 5.41) is 0. The number of hydrogen-bond acceptors (Lipinski definition) is 4. The van der Waals surface area contributed by atoms with Gasteiger partial charge >= 0.3 is 5.97 Å². The van der Waals surface area contributed by atoms with Crippen LogP contribution >= 0.6 is 0 Å². The molecule has 5 heteroatoms. The highest BCUT2D eigenvalue weighted by Gasteiger charge is 2.34. The van der Waals surface area contributed by atoms with Crippen molar-refractivity contribution in [3.05, 3.63) is 35.4 Å². The molecule has 2 amide bonds. The number of rotatable bonds is 11. The van der Waals surface area contributed by atoms with Gasteiger partial charge in [-0.25, -0.2) is 0 Å². The van der Waals surface area contributed by atoms with Crippen LogP contribution in [0.4, 0.5) is 0 Å². The number of carbonyl (C=O) groups is 3. The molecule has 1 aromatic carbocycles. The Balaban J connectivity index is 1.52. The molecule has 1 aliphatic heterocycles. The van der Waals surface area contributed by atoms with Crippen LogP contribution in [-0.2, 0) is 9.53 Å². The van der Waals surface area contributed by atoms with Gasteiger partial charge in [0.25, 0.3) is 11.8 Å². The summed E-state index contributed by atoms with van der Waals surface area (Å²) in [6.07, 6.45) is 8.90. The Morgan fingerprint density at radius 3 is 1.84 bits per heavy atom. The summed E-state index contributed by atoms with van der Waals surface area (Å²) in [5.74, 6) is -0.453. The second-order valence-corrected chi connectivity index (χ2v) is 6.46. The van der Waals surface area contributed by atoms with E-state index in [2.05, 4.69) is 4.74 Å². The van der Waals surface area contributed by atoms with Crippen molar-refractivity contribution in [3.63, 3.8) is 0 Å². The van der Waals surface area contributed by atoms with E-state index in [9.17, 15) is 14.4 Å². The molecular formula is C20H27NO4. The Bertz CT molecular complexity index is 576. The van der Waals surface area contributed by atoms with Gasteiger partial charge in [-0.05, 0) is 25.0 Å². The lowest BCUT2D eigenvalue weighted by molar-refractivity contribution is -0.140. The third-order valence-electron chi connectivity index (χ3n) is 4.62. The zero-order chi connectivity index (χ0) is 18.1. The Morgan fingerprint density at radius 2 is 1.32 bits per heavy atom. The van der Waals surface area contributed by atoms with Crippen molar-refractivity contribution in [3.8, 4) is 0 Å². The van der Waals surface area contributed by atoms with Gasteiger partial charge in [0, 0.05) is 13.0 Å². The fourth-order valence-electron chi connectivity index (χ4n) is 3.14. The van der Waals surface area contributed by atoms with Crippen molar-refractivity contribution in [2.24, 2.45) is 0 Å². The molecule has 0 aromatic heterocycles. The van der Waals surface area contributed by atoms with Crippen LogP contribution in [0.3, 0.4) is 0 Å². The molecule has 0 saturated carbocycles. The summed E-state index contributed by atoms with van der Waals surface area (Å²) < 4.78 is 4.61. The van der Waals surface area contributed by atoms with E-state index in [1.165, 1.54) is 12.0 Å². The maximum Gasteiger partial charge on any atom is 0.305 e. The molecule has 0 atom stereocenters. The van der Waals surface area contributed by atoms with E-state index in [0.29, 0.717) is 24.1 Å². The van der Waals surface area contributed by atoms with Crippen molar-refractivity contribution in [1.82, 2.24) is 4.90 Å². The summed E-state index contributed by atoms with van der Waals surface area (Å²) in [5.41, 5.74) is 1.05. The summed E-state index contributed by atoms with van der Waals surface area (Å²) in [6, 6.07) is 7.02. The zero-order valence-corrected chi connectivity index (χ0v) is 15.0. The van der Waals surface area contributed by atoms with Crippen molar-refractivity contribution in [1.29, 1.82) is 0 Å². The van der Waals surface area contributed by atoms with Crippen LogP contribution < -0.4 is 0 Å². The molecule has 136 valence electrons. The monoisotopic (exact) mass is 345 g/mol. The van der Waals surface area contributed by atoms with E-state index in [4.69, 9.17) is 0 Å². The van der Waals surface area contributed by atoms with Crippen molar-refractivity contribution < 1.29 is 19.1 Å². The fraction of sp³-hybridized carbons (Fsp3) is 0.550. The molecule has 1 aromatic rings. The average molecular weight is 345 g/mol. The molecule has 0 spiro atoms. The number of unbranched alkanes of at least 4 members (excludes halogenated alkanes) is 7. The SMILES string of the molecule is COC(=O)CCCCCCCCCCN1C(=O)c2ccccc2C1=O. The van der Waals surface area contributed by atoms with Gasteiger partial charge in [-0.15, -0.1) is 0 Å². The van der Waals surface area contributed by atoms with Crippen molar-refractivity contribution in [2.75, 3.05) is 13.7 Å². The number of fused-ring (bicyclic) bond motifs is 1. The first kappa shape index (κ1) is 19.2. The molecule has 0 fully saturated rings. The number of amides is 2. The lowest BCUT2D eigenvalue weighted by Crippen LogP contribution is -2.30. The quantitative estimate of drug-likeness (QED) is 0.346. The first-order valence-corrected chi connectivity index (χ1v) is 9.17. The summed E-state index contributed by atoms with van der Waals surface area (Å²) in [6.45, 7) is 0.505. The molecular weight excluding hydrogens is 318 g/mol. The molecule has 0 N–H and O–H groups in total. The Morgan fingerprint density at radius 1 is 0.840 bits per heavy atom. The number of benzene rings is 1. The second-order valence-electron chi connectivity index (χ2n) is 6.46. The minimum absolute atomic E-state index is 0.131. The van der Waals surface area contributed by atoms with Crippen molar-refractivity contribution >= 4 is 17.8 Å². The summed E-state index contributed by atoms with van der Waals surface area (Å²) >= 11 is 0. The van der Waals surface area contributed by atoms with Crippen LogP contribution in [0.25, 0.3) is 0 Å². The van der Waals surface area contributed by atoms with Gasteiger partial charge in [0.05, 0.1) is 18.2 Å². The van der Waals surface area contributed by atoms with Gasteiger partial charge < -0.3 is 4.74 Å². The lowest BCUT2D eigenvalue weighted by atomic mass is 10.1. The van der Waals surface area contributed by atoms with Crippen LogP contribution in [0, 0.1) is 0 Å². The van der Waals surface area contributed by atoms with Gasteiger partial charge in [0.2, 0.25) is 0 Å². The van der Waals surface area contributed by atoms with Crippen LogP contribution in [0.5, 0.6) is 0 Å². The third-order valence-corrected chi connectivity index (χ3v) is 4.62. The van der Waals surface area contributed by atoms with Gasteiger partial charge in [0.15, 0.2) is 0 Å². The van der Waals surface area contributed by atoms with E-state index >= 15 is 0 Å². The molecule has 25 heavy (non-hydrogen) atoms. The van der Waals surface area contributed by atoms with Crippen LogP contribution in [-0.4, -0.2) is 36.3 Å². The number of hydrogen-bond donors (Lipinski definition) is 0. The normalized spacial score (nSPS) is 13.2. The maximum atomic E-state index is 12.2. The molecule has 1 aliphatic rings. The summed E-state index contributed by atoms with van der Waals surface area (Å²) in [4.78, 5) is 36.8. The minimum atomic E-state index is -0.161. The van der Waals surface area contributed by atoms with Gasteiger partial charge in [-0.1, -0.05) is 50.7 Å². The Hall–Kier alpha value is -2.17. The smallest absolute Gasteiger partial charge is 0.305 e. The predicted molar refractivity (Wildman–Crippen MR) is 95.4 cm³/mol. The lowest BCUT2D eigenvalue weighted by Gasteiger charge is -2.13. The van der Waals surface area contributed by atoms with Gasteiger partial charge in [-0.3, -0.25) is 19.3 Å². The molecule has 1 heterocycles. The molecule has 5 nitrogen and oxygen atoms in total.